The Morgan fingerprint density at radius 3 is 2.45 bits per heavy atom. The molecule has 0 fully saturated rings. The van der Waals surface area contributed by atoms with Crippen LogP contribution in [0, 0.1) is 0 Å². The van der Waals surface area contributed by atoms with Gasteiger partial charge in [-0.25, -0.2) is 0 Å². The van der Waals surface area contributed by atoms with Gasteiger partial charge in [0.15, 0.2) is 11.5 Å². The number of methoxy groups -OCH3 is 1. The molecule has 0 aliphatic carbocycles. The fourth-order valence-electron chi connectivity index (χ4n) is 2.33. The Labute approximate surface area is 133 Å². The van der Waals surface area contributed by atoms with Crippen molar-refractivity contribution in [2.75, 3.05) is 13.7 Å². The van der Waals surface area contributed by atoms with Gasteiger partial charge in [0.05, 0.1) is 13.2 Å². The zero-order chi connectivity index (χ0) is 15.8. The summed E-state index contributed by atoms with van der Waals surface area (Å²) < 4.78 is 11.3. The van der Waals surface area contributed by atoms with Crippen molar-refractivity contribution in [3.8, 4) is 11.5 Å². The van der Waals surface area contributed by atoms with Crippen molar-refractivity contribution >= 4 is 0 Å². The van der Waals surface area contributed by atoms with Crippen molar-refractivity contribution in [1.82, 2.24) is 5.32 Å². The summed E-state index contributed by atoms with van der Waals surface area (Å²) in [6.07, 6.45) is 1.14. The molecule has 0 heterocycles. The van der Waals surface area contributed by atoms with Gasteiger partial charge in [0.25, 0.3) is 0 Å². The highest BCUT2D eigenvalue weighted by molar-refractivity contribution is 5.46. The average Bonchev–Trinajstić information content (AvgIpc) is 2.53. The van der Waals surface area contributed by atoms with Crippen LogP contribution in [0.4, 0.5) is 0 Å². The van der Waals surface area contributed by atoms with Crippen LogP contribution in [-0.2, 0) is 13.0 Å². The van der Waals surface area contributed by atoms with Gasteiger partial charge in [0, 0.05) is 12.1 Å². The number of ether oxygens (including phenoxy) is 2. The molecule has 0 unspecified atom stereocenters. The predicted octanol–water partition coefficient (Wildman–Crippen LogP) is 3.81. The van der Waals surface area contributed by atoms with Gasteiger partial charge < -0.3 is 14.8 Å². The molecule has 22 heavy (non-hydrogen) atoms. The first-order valence-corrected chi connectivity index (χ1v) is 7.78. The van der Waals surface area contributed by atoms with Crippen LogP contribution in [0.3, 0.4) is 0 Å². The topological polar surface area (TPSA) is 30.5 Å². The maximum Gasteiger partial charge on any atom is 0.166 e. The SMILES string of the molecule is COc1cccc(CNCCc2ccccc2)c1OC(C)C. The summed E-state index contributed by atoms with van der Waals surface area (Å²) in [5.41, 5.74) is 2.47. The highest BCUT2D eigenvalue weighted by atomic mass is 16.5. The second-order valence-corrected chi connectivity index (χ2v) is 5.53. The number of nitrogens with one attached hydrogen (secondary N) is 1. The monoisotopic (exact) mass is 299 g/mol. The van der Waals surface area contributed by atoms with E-state index < -0.39 is 0 Å². The first-order valence-electron chi connectivity index (χ1n) is 7.78. The van der Waals surface area contributed by atoms with Crippen LogP contribution < -0.4 is 14.8 Å². The van der Waals surface area contributed by atoms with Gasteiger partial charge in [-0.1, -0.05) is 42.5 Å². The smallest absolute Gasteiger partial charge is 0.166 e. The Kier molecular flexibility index (Phi) is 6.28. The molecule has 0 aromatic heterocycles. The molecule has 0 saturated carbocycles. The number of benzene rings is 2. The predicted molar refractivity (Wildman–Crippen MR) is 90.6 cm³/mol. The van der Waals surface area contributed by atoms with E-state index in [2.05, 4.69) is 35.6 Å². The minimum Gasteiger partial charge on any atom is -0.493 e. The molecule has 0 saturated heterocycles. The van der Waals surface area contributed by atoms with Gasteiger partial charge >= 0.3 is 0 Å². The standard InChI is InChI=1S/C19H25NO2/c1-15(2)22-19-17(10-7-11-18(19)21-3)14-20-13-12-16-8-5-4-6-9-16/h4-11,15,20H,12-14H2,1-3H3. The van der Waals surface area contributed by atoms with E-state index in [-0.39, 0.29) is 6.10 Å². The highest BCUT2D eigenvalue weighted by Crippen LogP contribution is 2.31. The fraction of sp³-hybridized carbons (Fsp3) is 0.368. The zero-order valence-electron chi connectivity index (χ0n) is 13.6. The minimum absolute atomic E-state index is 0.124. The number of hydrogen-bond acceptors (Lipinski definition) is 3. The van der Waals surface area contributed by atoms with E-state index in [0.717, 1.165) is 36.6 Å². The normalized spacial score (nSPS) is 10.7. The molecule has 0 bridgehead atoms. The number of hydrogen-bond donors (Lipinski definition) is 1. The summed E-state index contributed by atoms with van der Waals surface area (Å²) in [4.78, 5) is 0. The molecule has 2 aromatic rings. The van der Waals surface area contributed by atoms with E-state index in [0.29, 0.717) is 0 Å². The van der Waals surface area contributed by atoms with Crippen LogP contribution >= 0.6 is 0 Å². The second kappa shape index (κ2) is 8.44. The van der Waals surface area contributed by atoms with E-state index in [1.807, 2.05) is 32.0 Å². The Bertz CT molecular complexity index is 567. The molecule has 2 aromatic carbocycles. The van der Waals surface area contributed by atoms with Crippen LogP contribution in [-0.4, -0.2) is 19.8 Å². The van der Waals surface area contributed by atoms with Gasteiger partial charge in [0.1, 0.15) is 0 Å². The van der Waals surface area contributed by atoms with E-state index >= 15 is 0 Å². The summed E-state index contributed by atoms with van der Waals surface area (Å²) in [6.45, 7) is 5.76. The number of rotatable bonds is 8. The third-order valence-electron chi connectivity index (χ3n) is 3.38. The summed E-state index contributed by atoms with van der Waals surface area (Å²) in [5, 5.41) is 3.48. The lowest BCUT2D eigenvalue weighted by atomic mass is 10.1. The lowest BCUT2D eigenvalue weighted by Gasteiger charge is -2.17. The molecule has 0 atom stereocenters. The molecule has 3 heteroatoms. The molecule has 3 nitrogen and oxygen atoms in total. The van der Waals surface area contributed by atoms with E-state index in [9.17, 15) is 0 Å². The van der Waals surface area contributed by atoms with E-state index in [1.54, 1.807) is 7.11 Å². The molecule has 2 rings (SSSR count). The third kappa shape index (κ3) is 4.78. The van der Waals surface area contributed by atoms with Crippen molar-refractivity contribution in [1.29, 1.82) is 0 Å². The highest BCUT2D eigenvalue weighted by Gasteiger charge is 2.11. The lowest BCUT2D eigenvalue weighted by Crippen LogP contribution is -2.18. The summed E-state index contributed by atoms with van der Waals surface area (Å²) in [7, 11) is 1.68. The van der Waals surface area contributed by atoms with Crippen LogP contribution in [0.1, 0.15) is 25.0 Å². The largest absolute Gasteiger partial charge is 0.493 e. The second-order valence-electron chi connectivity index (χ2n) is 5.53. The molecule has 1 N–H and O–H groups in total. The maximum atomic E-state index is 5.92. The summed E-state index contributed by atoms with van der Waals surface area (Å²) >= 11 is 0. The first-order chi connectivity index (χ1) is 10.7. The van der Waals surface area contributed by atoms with E-state index in [4.69, 9.17) is 9.47 Å². The molecular weight excluding hydrogens is 274 g/mol. The van der Waals surface area contributed by atoms with Gasteiger partial charge in [-0.15, -0.1) is 0 Å². The van der Waals surface area contributed by atoms with Gasteiger partial charge in [0.2, 0.25) is 0 Å². The summed E-state index contributed by atoms with van der Waals surface area (Å²) in [5.74, 6) is 1.63. The average molecular weight is 299 g/mol. The molecule has 0 aliphatic heterocycles. The molecule has 0 spiro atoms. The van der Waals surface area contributed by atoms with Gasteiger partial charge in [-0.2, -0.15) is 0 Å². The van der Waals surface area contributed by atoms with Gasteiger partial charge in [-0.3, -0.25) is 0 Å². The Morgan fingerprint density at radius 2 is 1.77 bits per heavy atom. The van der Waals surface area contributed by atoms with Crippen molar-refractivity contribution in [3.05, 3.63) is 59.7 Å². The first kappa shape index (κ1) is 16.4. The molecule has 0 radical (unpaired) electrons. The molecule has 0 aliphatic rings. The molecule has 118 valence electrons. The maximum absolute atomic E-state index is 5.92. The quantitative estimate of drug-likeness (QED) is 0.752. The Morgan fingerprint density at radius 1 is 1.00 bits per heavy atom. The molecule has 0 amide bonds. The minimum atomic E-state index is 0.124. The van der Waals surface area contributed by atoms with Crippen LogP contribution in [0.15, 0.2) is 48.5 Å². The Hall–Kier alpha value is -2.00. The van der Waals surface area contributed by atoms with E-state index in [1.165, 1.54) is 5.56 Å². The van der Waals surface area contributed by atoms with Crippen LogP contribution in [0.2, 0.25) is 0 Å². The third-order valence-corrected chi connectivity index (χ3v) is 3.38. The van der Waals surface area contributed by atoms with Crippen LogP contribution in [0.25, 0.3) is 0 Å². The zero-order valence-corrected chi connectivity index (χ0v) is 13.6. The number of para-hydroxylation sites is 1. The van der Waals surface area contributed by atoms with Crippen LogP contribution in [0.5, 0.6) is 11.5 Å². The molecular formula is C19H25NO2. The Balaban J connectivity index is 1.94. The van der Waals surface area contributed by atoms with Crippen molar-refractivity contribution in [2.45, 2.75) is 32.9 Å². The van der Waals surface area contributed by atoms with Crippen molar-refractivity contribution < 1.29 is 9.47 Å². The van der Waals surface area contributed by atoms with Crippen molar-refractivity contribution in [3.63, 3.8) is 0 Å². The van der Waals surface area contributed by atoms with Crippen molar-refractivity contribution in [2.24, 2.45) is 0 Å². The van der Waals surface area contributed by atoms with Gasteiger partial charge in [-0.05, 0) is 38.4 Å². The lowest BCUT2D eigenvalue weighted by molar-refractivity contribution is 0.227. The summed E-state index contributed by atoms with van der Waals surface area (Å²) in [6, 6.07) is 16.5. The fourth-order valence-corrected chi connectivity index (χ4v) is 2.33.